The summed E-state index contributed by atoms with van der Waals surface area (Å²) < 4.78 is 23.8. The topological polar surface area (TPSA) is 65.0 Å². The number of rotatable bonds is 5. The lowest BCUT2D eigenvalue weighted by molar-refractivity contribution is 0.291. The van der Waals surface area contributed by atoms with Gasteiger partial charge in [-0.2, -0.15) is 0 Å². The van der Waals surface area contributed by atoms with E-state index in [0.29, 0.717) is 19.6 Å². The van der Waals surface area contributed by atoms with Crippen LogP contribution in [0, 0.1) is 0 Å². The predicted molar refractivity (Wildman–Crippen MR) is 128 cm³/mol. The lowest BCUT2D eigenvalue weighted by Gasteiger charge is -2.39. The van der Waals surface area contributed by atoms with Crippen molar-refractivity contribution in [2.24, 2.45) is 4.99 Å². The van der Waals surface area contributed by atoms with Gasteiger partial charge in [0.15, 0.2) is 15.8 Å². The highest BCUT2D eigenvalue weighted by Crippen LogP contribution is 2.24. The second-order valence-corrected chi connectivity index (χ2v) is 10.7. The molecule has 1 fully saturated rings. The minimum absolute atomic E-state index is 0. The molecule has 0 aromatic heterocycles. The van der Waals surface area contributed by atoms with E-state index in [2.05, 4.69) is 60.5 Å². The third kappa shape index (κ3) is 5.82. The van der Waals surface area contributed by atoms with E-state index in [1.807, 2.05) is 4.90 Å². The molecular formula is C20H35IN4O2S. The molecule has 0 saturated carbocycles. The molecule has 6 nitrogen and oxygen atoms in total. The van der Waals surface area contributed by atoms with Gasteiger partial charge in [-0.15, -0.1) is 24.0 Å². The molecule has 1 N–H and O–H groups in total. The largest absolute Gasteiger partial charge is 0.354 e. The summed E-state index contributed by atoms with van der Waals surface area (Å²) >= 11 is 0. The molecule has 1 aromatic rings. The average Bonchev–Trinajstić information content (AvgIpc) is 2.61. The van der Waals surface area contributed by atoms with Crippen LogP contribution in [0.4, 0.5) is 0 Å². The Labute approximate surface area is 187 Å². The Balaban J connectivity index is 0.00000392. The lowest BCUT2D eigenvalue weighted by Crippen LogP contribution is -2.57. The van der Waals surface area contributed by atoms with Crippen molar-refractivity contribution in [3.63, 3.8) is 0 Å². The fourth-order valence-electron chi connectivity index (χ4n) is 3.42. The van der Waals surface area contributed by atoms with E-state index in [0.717, 1.165) is 12.4 Å². The summed E-state index contributed by atoms with van der Waals surface area (Å²) in [5, 5.41) is 3.45. The predicted octanol–water partition coefficient (Wildman–Crippen LogP) is 2.55. The number of guanidine groups is 1. The van der Waals surface area contributed by atoms with E-state index in [9.17, 15) is 8.42 Å². The number of hydrogen-bond acceptors (Lipinski definition) is 4. The van der Waals surface area contributed by atoms with E-state index >= 15 is 0 Å². The molecule has 0 aliphatic carbocycles. The second-order valence-electron chi connectivity index (χ2n) is 8.00. The van der Waals surface area contributed by atoms with Gasteiger partial charge in [-0.25, -0.2) is 8.42 Å². The Morgan fingerprint density at radius 2 is 1.89 bits per heavy atom. The van der Waals surface area contributed by atoms with Crippen molar-refractivity contribution in [3.05, 3.63) is 35.4 Å². The molecule has 1 atom stereocenters. The van der Waals surface area contributed by atoms with Crippen molar-refractivity contribution in [3.8, 4) is 0 Å². The summed E-state index contributed by atoms with van der Waals surface area (Å²) in [6.45, 7) is 7.37. The van der Waals surface area contributed by atoms with Crippen molar-refractivity contribution in [1.29, 1.82) is 0 Å². The van der Waals surface area contributed by atoms with Gasteiger partial charge in [-0.1, -0.05) is 31.2 Å². The highest BCUT2D eigenvalue weighted by molar-refractivity contribution is 14.0. The van der Waals surface area contributed by atoms with Crippen LogP contribution in [0.1, 0.15) is 37.9 Å². The number of nitrogens with zero attached hydrogens (tertiary/aromatic N) is 3. The van der Waals surface area contributed by atoms with Crippen molar-refractivity contribution in [1.82, 2.24) is 15.1 Å². The van der Waals surface area contributed by atoms with Crippen LogP contribution in [-0.2, 0) is 16.3 Å². The summed E-state index contributed by atoms with van der Waals surface area (Å²) in [7, 11) is 2.82. The maximum absolute atomic E-state index is 12.3. The molecule has 1 aromatic carbocycles. The van der Waals surface area contributed by atoms with E-state index in [4.69, 9.17) is 0 Å². The van der Waals surface area contributed by atoms with E-state index in [1.54, 1.807) is 20.9 Å². The van der Waals surface area contributed by atoms with Gasteiger partial charge in [0.2, 0.25) is 0 Å². The third-order valence-corrected chi connectivity index (χ3v) is 7.94. The van der Waals surface area contributed by atoms with Gasteiger partial charge >= 0.3 is 0 Å². The number of aryl methyl sites for hydroxylation is 1. The van der Waals surface area contributed by atoms with Crippen molar-refractivity contribution in [2.45, 2.75) is 38.0 Å². The first-order chi connectivity index (χ1) is 12.6. The van der Waals surface area contributed by atoms with Crippen LogP contribution in [0.5, 0.6) is 0 Å². The molecule has 1 heterocycles. The molecular weight excluding hydrogens is 487 g/mol. The SMILES string of the molecule is CCc1ccc(C(CNC(=NC)N2CCS(=O)(=O)C(C)(C)C2)N(C)C)cc1.I. The number of aliphatic imine (C=N–C) groups is 1. The zero-order valence-corrected chi connectivity index (χ0v) is 21.0. The highest BCUT2D eigenvalue weighted by Gasteiger charge is 2.41. The van der Waals surface area contributed by atoms with Crippen LogP contribution >= 0.6 is 24.0 Å². The van der Waals surface area contributed by atoms with Crippen LogP contribution in [0.15, 0.2) is 29.3 Å². The van der Waals surface area contributed by atoms with Crippen LogP contribution < -0.4 is 5.32 Å². The standard InChI is InChI=1S/C20H34N4O2S.HI/c1-7-16-8-10-17(11-9-16)18(23(5)6)14-22-19(21-4)24-12-13-27(25,26)20(2,3)15-24;/h8-11,18H,7,12-15H2,1-6H3,(H,21,22);1H. The Morgan fingerprint density at radius 1 is 1.29 bits per heavy atom. The van der Waals surface area contributed by atoms with Crippen LogP contribution in [0.25, 0.3) is 0 Å². The summed E-state index contributed by atoms with van der Waals surface area (Å²) in [4.78, 5) is 8.63. The number of hydrogen-bond donors (Lipinski definition) is 1. The third-order valence-electron chi connectivity index (χ3n) is 5.40. The molecule has 0 radical (unpaired) electrons. The lowest BCUT2D eigenvalue weighted by atomic mass is 10.0. The number of likely N-dealkylation sites (N-methyl/N-ethyl adjacent to an activating group) is 1. The molecule has 160 valence electrons. The quantitative estimate of drug-likeness (QED) is 0.366. The fourth-order valence-corrected chi connectivity index (χ4v) is 4.78. The van der Waals surface area contributed by atoms with E-state index in [-0.39, 0.29) is 35.8 Å². The first-order valence-electron chi connectivity index (χ1n) is 9.54. The molecule has 0 spiro atoms. The number of nitrogens with one attached hydrogen (secondary N) is 1. The molecule has 0 bridgehead atoms. The van der Waals surface area contributed by atoms with Crippen LogP contribution in [0.3, 0.4) is 0 Å². The van der Waals surface area contributed by atoms with Gasteiger partial charge in [0.05, 0.1) is 16.5 Å². The first kappa shape index (κ1) is 25.2. The minimum atomic E-state index is -3.06. The number of benzene rings is 1. The summed E-state index contributed by atoms with van der Waals surface area (Å²) in [5.74, 6) is 0.922. The molecule has 28 heavy (non-hydrogen) atoms. The Bertz CT molecular complexity index is 761. The maximum atomic E-state index is 12.3. The van der Waals surface area contributed by atoms with Gasteiger partial charge in [0, 0.05) is 26.7 Å². The number of halogens is 1. The zero-order valence-electron chi connectivity index (χ0n) is 17.9. The molecule has 1 aliphatic heterocycles. The molecule has 8 heteroatoms. The number of sulfone groups is 1. The average molecular weight is 522 g/mol. The fraction of sp³-hybridized carbons (Fsp3) is 0.650. The normalized spacial score (nSPS) is 19.8. The molecule has 1 aliphatic rings. The summed E-state index contributed by atoms with van der Waals surface area (Å²) in [6.07, 6.45) is 1.03. The maximum Gasteiger partial charge on any atom is 0.193 e. The summed E-state index contributed by atoms with van der Waals surface area (Å²) in [5.41, 5.74) is 2.58. The van der Waals surface area contributed by atoms with Crippen molar-refractivity contribution in [2.75, 3.05) is 46.5 Å². The minimum Gasteiger partial charge on any atom is -0.354 e. The Kier molecular flexibility index (Phi) is 9.21. The second kappa shape index (κ2) is 10.2. The summed E-state index contributed by atoms with van der Waals surface area (Å²) in [6, 6.07) is 8.93. The monoisotopic (exact) mass is 522 g/mol. The van der Waals surface area contributed by atoms with Crippen LogP contribution in [0.2, 0.25) is 0 Å². The zero-order chi connectivity index (χ0) is 20.2. The van der Waals surface area contributed by atoms with Gasteiger partial charge in [-0.3, -0.25) is 4.99 Å². The van der Waals surface area contributed by atoms with Gasteiger partial charge in [0.1, 0.15) is 0 Å². The van der Waals surface area contributed by atoms with Crippen molar-refractivity contribution < 1.29 is 8.42 Å². The highest BCUT2D eigenvalue weighted by atomic mass is 127. The molecule has 1 unspecified atom stereocenters. The van der Waals surface area contributed by atoms with Crippen molar-refractivity contribution >= 4 is 39.8 Å². The molecule has 1 saturated heterocycles. The molecule has 0 amide bonds. The smallest absolute Gasteiger partial charge is 0.193 e. The Hall–Kier alpha value is -0.870. The molecule has 2 rings (SSSR count). The van der Waals surface area contributed by atoms with E-state index in [1.165, 1.54) is 11.1 Å². The van der Waals surface area contributed by atoms with Crippen LogP contribution in [-0.4, -0.2) is 75.5 Å². The van der Waals surface area contributed by atoms with Gasteiger partial charge in [0.25, 0.3) is 0 Å². The first-order valence-corrected chi connectivity index (χ1v) is 11.2. The Morgan fingerprint density at radius 3 is 2.36 bits per heavy atom. The van der Waals surface area contributed by atoms with Gasteiger partial charge in [-0.05, 0) is 45.5 Å². The van der Waals surface area contributed by atoms with Gasteiger partial charge < -0.3 is 15.1 Å². The van der Waals surface area contributed by atoms with E-state index < -0.39 is 14.6 Å².